The molecule has 3 N–H and O–H groups in total. The minimum atomic E-state index is -0.815. The van der Waals surface area contributed by atoms with E-state index in [2.05, 4.69) is 5.32 Å². The van der Waals surface area contributed by atoms with Crippen molar-refractivity contribution in [3.05, 3.63) is 70.8 Å². The summed E-state index contributed by atoms with van der Waals surface area (Å²) < 4.78 is 0. The summed E-state index contributed by atoms with van der Waals surface area (Å²) in [7, 11) is 0. The van der Waals surface area contributed by atoms with Crippen LogP contribution in [0.15, 0.2) is 48.5 Å². The number of aliphatic carboxylic acids is 1. The number of carboxylic acid groups (broad SMARTS) is 1. The number of aliphatic hydroxyl groups is 1. The van der Waals surface area contributed by atoms with Gasteiger partial charge in [-0.2, -0.15) is 0 Å². The van der Waals surface area contributed by atoms with Gasteiger partial charge in [0.05, 0.1) is 13.0 Å². The smallest absolute Gasteiger partial charge is 0.307 e. The van der Waals surface area contributed by atoms with Gasteiger partial charge in [-0.15, -0.1) is 0 Å². The highest BCUT2D eigenvalue weighted by Crippen LogP contribution is 2.07. The summed E-state index contributed by atoms with van der Waals surface area (Å²) in [6.45, 7) is 1.50. The molecule has 0 fully saturated rings. The SMILES string of the molecule is O=C(O)Cc1ccc(CNCc2cccc(CO)c2)cc1. The van der Waals surface area contributed by atoms with Crippen LogP contribution in [0.2, 0.25) is 0 Å². The van der Waals surface area contributed by atoms with Crippen LogP contribution in [-0.4, -0.2) is 16.2 Å². The van der Waals surface area contributed by atoms with E-state index in [-0.39, 0.29) is 13.0 Å². The summed E-state index contributed by atoms with van der Waals surface area (Å²) in [6, 6.07) is 15.4. The molecule has 0 heterocycles. The summed E-state index contributed by atoms with van der Waals surface area (Å²) in [5.74, 6) is -0.815. The molecule has 0 saturated carbocycles. The molecule has 0 aliphatic heterocycles. The molecule has 110 valence electrons. The number of hydrogen-bond donors (Lipinski definition) is 3. The van der Waals surface area contributed by atoms with Crippen LogP contribution in [0, 0.1) is 0 Å². The maximum absolute atomic E-state index is 10.6. The Kier molecular flexibility index (Phi) is 5.49. The van der Waals surface area contributed by atoms with E-state index in [0.717, 1.165) is 35.3 Å². The molecule has 2 aromatic rings. The van der Waals surface area contributed by atoms with Gasteiger partial charge in [0.25, 0.3) is 0 Å². The quantitative estimate of drug-likeness (QED) is 0.728. The van der Waals surface area contributed by atoms with Gasteiger partial charge in [0.15, 0.2) is 0 Å². The first-order valence-electron chi connectivity index (χ1n) is 6.86. The van der Waals surface area contributed by atoms with Crippen LogP contribution in [0.1, 0.15) is 22.3 Å². The lowest BCUT2D eigenvalue weighted by atomic mass is 10.1. The van der Waals surface area contributed by atoms with Gasteiger partial charge in [-0.25, -0.2) is 0 Å². The largest absolute Gasteiger partial charge is 0.481 e. The Labute approximate surface area is 124 Å². The highest BCUT2D eigenvalue weighted by Gasteiger charge is 2.00. The number of rotatable bonds is 7. The van der Waals surface area contributed by atoms with E-state index in [1.165, 1.54) is 0 Å². The van der Waals surface area contributed by atoms with Crippen LogP contribution in [0.3, 0.4) is 0 Å². The number of benzene rings is 2. The second-order valence-electron chi connectivity index (χ2n) is 4.97. The van der Waals surface area contributed by atoms with Crippen LogP contribution < -0.4 is 5.32 Å². The molecule has 0 atom stereocenters. The molecule has 4 nitrogen and oxygen atoms in total. The molecule has 0 aliphatic rings. The molecule has 0 spiro atoms. The molecule has 0 saturated heterocycles. The van der Waals surface area contributed by atoms with Crippen LogP contribution in [0.25, 0.3) is 0 Å². The van der Waals surface area contributed by atoms with Crippen molar-refractivity contribution in [1.82, 2.24) is 5.32 Å². The van der Waals surface area contributed by atoms with Crippen LogP contribution in [0.5, 0.6) is 0 Å². The lowest BCUT2D eigenvalue weighted by Crippen LogP contribution is -2.13. The summed E-state index contributed by atoms with van der Waals surface area (Å²) in [5, 5.41) is 21.1. The van der Waals surface area contributed by atoms with E-state index in [1.54, 1.807) is 0 Å². The van der Waals surface area contributed by atoms with Gasteiger partial charge in [-0.3, -0.25) is 4.79 Å². The van der Waals surface area contributed by atoms with Gasteiger partial charge in [0.2, 0.25) is 0 Å². The number of hydrogen-bond acceptors (Lipinski definition) is 3. The third kappa shape index (κ3) is 5.02. The molecule has 0 unspecified atom stereocenters. The topological polar surface area (TPSA) is 69.6 Å². The van der Waals surface area contributed by atoms with Crippen molar-refractivity contribution in [2.24, 2.45) is 0 Å². The molecule has 21 heavy (non-hydrogen) atoms. The van der Waals surface area contributed by atoms with Crippen molar-refractivity contribution < 1.29 is 15.0 Å². The van der Waals surface area contributed by atoms with Crippen molar-refractivity contribution in [3.8, 4) is 0 Å². The van der Waals surface area contributed by atoms with E-state index < -0.39 is 5.97 Å². The van der Waals surface area contributed by atoms with Crippen LogP contribution in [-0.2, 0) is 30.9 Å². The Hall–Kier alpha value is -2.17. The Bertz CT molecular complexity index is 593. The lowest BCUT2D eigenvalue weighted by molar-refractivity contribution is -0.136. The predicted molar refractivity (Wildman–Crippen MR) is 80.7 cm³/mol. The molecular formula is C17H19NO3. The minimum Gasteiger partial charge on any atom is -0.481 e. The molecular weight excluding hydrogens is 266 g/mol. The molecule has 0 aromatic heterocycles. The summed E-state index contributed by atoms with van der Waals surface area (Å²) in [5.41, 5.74) is 3.96. The maximum atomic E-state index is 10.6. The van der Waals surface area contributed by atoms with Crippen molar-refractivity contribution >= 4 is 5.97 Å². The molecule has 0 radical (unpaired) electrons. The first-order chi connectivity index (χ1) is 10.2. The number of aliphatic hydroxyl groups excluding tert-OH is 1. The van der Waals surface area contributed by atoms with Gasteiger partial charge in [-0.05, 0) is 22.3 Å². The zero-order chi connectivity index (χ0) is 15.1. The third-order valence-corrected chi connectivity index (χ3v) is 3.21. The molecule has 4 heteroatoms. The highest BCUT2D eigenvalue weighted by atomic mass is 16.4. The lowest BCUT2D eigenvalue weighted by Gasteiger charge is -2.07. The zero-order valence-electron chi connectivity index (χ0n) is 11.7. The van der Waals surface area contributed by atoms with E-state index in [1.807, 2.05) is 48.5 Å². The monoisotopic (exact) mass is 285 g/mol. The fourth-order valence-corrected chi connectivity index (χ4v) is 2.14. The van der Waals surface area contributed by atoms with E-state index >= 15 is 0 Å². The number of nitrogens with one attached hydrogen (secondary N) is 1. The van der Waals surface area contributed by atoms with E-state index in [9.17, 15) is 4.79 Å². The molecule has 0 aliphatic carbocycles. The average molecular weight is 285 g/mol. The van der Waals surface area contributed by atoms with Crippen molar-refractivity contribution in [2.45, 2.75) is 26.1 Å². The molecule has 2 rings (SSSR count). The fraction of sp³-hybridized carbons (Fsp3) is 0.235. The third-order valence-electron chi connectivity index (χ3n) is 3.21. The molecule has 0 bridgehead atoms. The Morgan fingerprint density at radius 1 is 0.905 bits per heavy atom. The van der Waals surface area contributed by atoms with Gasteiger partial charge in [-0.1, -0.05) is 48.5 Å². The Balaban J connectivity index is 1.84. The second-order valence-corrected chi connectivity index (χ2v) is 4.97. The number of carbonyl (C=O) groups is 1. The Morgan fingerprint density at radius 2 is 1.52 bits per heavy atom. The summed E-state index contributed by atoms with van der Waals surface area (Å²) in [4.78, 5) is 10.6. The molecule has 2 aromatic carbocycles. The van der Waals surface area contributed by atoms with Gasteiger partial charge >= 0.3 is 5.97 Å². The van der Waals surface area contributed by atoms with Gasteiger partial charge in [0, 0.05) is 13.1 Å². The van der Waals surface area contributed by atoms with Crippen LogP contribution in [0.4, 0.5) is 0 Å². The van der Waals surface area contributed by atoms with Crippen molar-refractivity contribution in [1.29, 1.82) is 0 Å². The average Bonchev–Trinajstić information content (AvgIpc) is 2.49. The first kappa shape index (κ1) is 15.2. The van der Waals surface area contributed by atoms with Gasteiger partial charge < -0.3 is 15.5 Å². The van der Waals surface area contributed by atoms with E-state index in [4.69, 9.17) is 10.2 Å². The molecule has 0 amide bonds. The standard InChI is InChI=1S/C17H19NO3/c19-12-16-3-1-2-15(8-16)11-18-10-14-6-4-13(5-7-14)9-17(20)21/h1-8,18-19H,9-12H2,(H,20,21). The Morgan fingerprint density at radius 3 is 2.19 bits per heavy atom. The first-order valence-corrected chi connectivity index (χ1v) is 6.86. The number of carboxylic acids is 1. The predicted octanol–water partition coefficient (Wildman–Crippen LogP) is 2.10. The maximum Gasteiger partial charge on any atom is 0.307 e. The second kappa shape index (κ2) is 7.57. The minimum absolute atomic E-state index is 0.0544. The summed E-state index contributed by atoms with van der Waals surface area (Å²) >= 11 is 0. The van der Waals surface area contributed by atoms with Crippen molar-refractivity contribution in [3.63, 3.8) is 0 Å². The van der Waals surface area contributed by atoms with Crippen molar-refractivity contribution in [2.75, 3.05) is 0 Å². The summed E-state index contributed by atoms with van der Waals surface area (Å²) in [6.07, 6.45) is 0.0572. The normalized spacial score (nSPS) is 10.5. The fourth-order valence-electron chi connectivity index (χ4n) is 2.14. The van der Waals surface area contributed by atoms with Gasteiger partial charge in [0.1, 0.15) is 0 Å². The van der Waals surface area contributed by atoms with E-state index in [0.29, 0.717) is 0 Å². The highest BCUT2D eigenvalue weighted by molar-refractivity contribution is 5.70. The van der Waals surface area contributed by atoms with Crippen LogP contribution >= 0.6 is 0 Å². The zero-order valence-corrected chi connectivity index (χ0v) is 11.7.